The number of hydrogen-bond donors (Lipinski definition) is 0. The molecule has 0 unspecified atom stereocenters. The zero-order valence-electron chi connectivity index (χ0n) is 14.7. The lowest BCUT2D eigenvalue weighted by Gasteiger charge is -2.34. The van der Waals surface area contributed by atoms with Crippen LogP contribution in [0.1, 0.15) is 37.6 Å². The van der Waals surface area contributed by atoms with Crippen LogP contribution in [0.2, 0.25) is 0 Å². The molecule has 1 saturated heterocycles. The summed E-state index contributed by atoms with van der Waals surface area (Å²) in [6.45, 7) is 8.80. The Kier molecular flexibility index (Phi) is 5.77. The molecular formula is C17H24N2O4S. The van der Waals surface area contributed by atoms with Crippen molar-refractivity contribution >= 4 is 29.3 Å². The number of amides is 1. The van der Waals surface area contributed by atoms with Gasteiger partial charge in [0.05, 0.1) is 24.8 Å². The van der Waals surface area contributed by atoms with Crippen molar-refractivity contribution in [2.45, 2.75) is 45.3 Å². The number of thiazole rings is 1. The molecule has 2 rings (SSSR count). The molecular weight excluding hydrogens is 328 g/mol. The summed E-state index contributed by atoms with van der Waals surface area (Å²) in [5.74, 6) is -0.606. The van der Waals surface area contributed by atoms with E-state index in [9.17, 15) is 9.59 Å². The molecule has 1 aliphatic heterocycles. The van der Waals surface area contributed by atoms with Gasteiger partial charge >= 0.3 is 5.97 Å². The SMILES string of the molecule is COC(=O)[C@H]1CN(C(=O)/C=C/c2cnc(C(C)(C)C)s2)C[C@@H](C)O1. The maximum atomic E-state index is 12.4. The zero-order chi connectivity index (χ0) is 17.9. The number of methoxy groups -OCH3 is 1. The largest absolute Gasteiger partial charge is 0.467 e. The van der Waals surface area contributed by atoms with Crippen molar-refractivity contribution in [2.75, 3.05) is 20.2 Å². The summed E-state index contributed by atoms with van der Waals surface area (Å²) in [6.07, 6.45) is 4.12. The molecule has 2 atom stereocenters. The molecule has 6 nitrogen and oxygen atoms in total. The lowest BCUT2D eigenvalue weighted by Crippen LogP contribution is -2.51. The fraction of sp³-hybridized carbons (Fsp3) is 0.588. The Hall–Kier alpha value is -1.73. The van der Waals surface area contributed by atoms with E-state index in [2.05, 4.69) is 25.8 Å². The van der Waals surface area contributed by atoms with Gasteiger partial charge in [-0.05, 0) is 13.0 Å². The van der Waals surface area contributed by atoms with Crippen LogP contribution < -0.4 is 0 Å². The van der Waals surface area contributed by atoms with Gasteiger partial charge in [0.25, 0.3) is 0 Å². The number of morpholine rings is 1. The molecule has 1 fully saturated rings. The molecule has 1 aliphatic rings. The van der Waals surface area contributed by atoms with Crippen LogP contribution in [-0.4, -0.2) is 54.2 Å². The molecule has 0 radical (unpaired) electrons. The predicted molar refractivity (Wildman–Crippen MR) is 92.8 cm³/mol. The van der Waals surface area contributed by atoms with E-state index in [-0.39, 0.29) is 24.0 Å². The summed E-state index contributed by atoms with van der Waals surface area (Å²) in [5.41, 5.74) is -0.00581. The molecule has 132 valence electrons. The maximum absolute atomic E-state index is 12.4. The smallest absolute Gasteiger partial charge is 0.336 e. The van der Waals surface area contributed by atoms with Crippen LogP contribution in [0.15, 0.2) is 12.3 Å². The molecule has 1 aromatic rings. The minimum Gasteiger partial charge on any atom is -0.467 e. The average Bonchev–Trinajstić information content (AvgIpc) is 3.00. The molecule has 24 heavy (non-hydrogen) atoms. The van der Waals surface area contributed by atoms with Gasteiger partial charge in [-0.3, -0.25) is 4.79 Å². The second-order valence-corrected chi connectivity index (χ2v) is 7.92. The summed E-state index contributed by atoms with van der Waals surface area (Å²) in [4.78, 5) is 31.0. The minimum absolute atomic E-state index is 0.00581. The number of carbonyl (C=O) groups is 2. The first-order chi connectivity index (χ1) is 11.2. The average molecular weight is 352 g/mol. The number of nitrogens with zero attached hydrogens (tertiary/aromatic N) is 2. The molecule has 0 N–H and O–H groups in total. The fourth-order valence-corrected chi connectivity index (χ4v) is 3.24. The van der Waals surface area contributed by atoms with Gasteiger partial charge in [-0.1, -0.05) is 20.8 Å². The van der Waals surface area contributed by atoms with Gasteiger partial charge in [0.2, 0.25) is 5.91 Å². The molecule has 0 bridgehead atoms. The lowest BCUT2D eigenvalue weighted by molar-refractivity contribution is -0.168. The summed E-state index contributed by atoms with van der Waals surface area (Å²) < 4.78 is 10.2. The van der Waals surface area contributed by atoms with Crippen LogP contribution >= 0.6 is 11.3 Å². The highest BCUT2D eigenvalue weighted by atomic mass is 32.1. The van der Waals surface area contributed by atoms with Gasteiger partial charge in [-0.2, -0.15) is 0 Å². The van der Waals surface area contributed by atoms with Gasteiger partial charge < -0.3 is 14.4 Å². The van der Waals surface area contributed by atoms with Crippen LogP contribution in [0.5, 0.6) is 0 Å². The van der Waals surface area contributed by atoms with Crippen LogP contribution in [0.4, 0.5) is 0 Å². The molecule has 0 spiro atoms. The molecule has 1 aromatic heterocycles. The standard InChI is InChI=1S/C17H24N2O4S/c1-11-9-19(10-13(23-11)15(21)22-5)14(20)7-6-12-8-18-16(24-12)17(2,3)4/h6-8,11,13H,9-10H2,1-5H3/b7-6+/t11-,13-/m1/s1. The molecule has 0 saturated carbocycles. The topological polar surface area (TPSA) is 68.7 Å². The van der Waals surface area contributed by atoms with E-state index < -0.39 is 12.1 Å². The molecule has 1 amide bonds. The first-order valence-electron chi connectivity index (χ1n) is 7.87. The molecule has 2 heterocycles. The van der Waals surface area contributed by atoms with Crippen molar-refractivity contribution in [1.29, 1.82) is 0 Å². The molecule has 7 heteroatoms. The van der Waals surface area contributed by atoms with Crippen molar-refractivity contribution in [3.63, 3.8) is 0 Å². The summed E-state index contributed by atoms with van der Waals surface area (Å²) in [6, 6.07) is 0. The number of carbonyl (C=O) groups excluding carboxylic acids is 2. The Morgan fingerprint density at radius 1 is 1.42 bits per heavy atom. The van der Waals surface area contributed by atoms with E-state index >= 15 is 0 Å². The zero-order valence-corrected chi connectivity index (χ0v) is 15.6. The third kappa shape index (κ3) is 4.64. The Morgan fingerprint density at radius 3 is 2.71 bits per heavy atom. The first kappa shape index (κ1) is 18.6. The van der Waals surface area contributed by atoms with E-state index in [0.717, 1.165) is 9.88 Å². The fourth-order valence-electron chi connectivity index (χ4n) is 2.36. The Morgan fingerprint density at radius 2 is 2.12 bits per heavy atom. The van der Waals surface area contributed by atoms with Crippen molar-refractivity contribution < 1.29 is 19.1 Å². The second-order valence-electron chi connectivity index (χ2n) is 6.85. The van der Waals surface area contributed by atoms with E-state index in [1.54, 1.807) is 28.5 Å². The van der Waals surface area contributed by atoms with E-state index in [1.807, 2.05) is 6.92 Å². The number of esters is 1. The van der Waals surface area contributed by atoms with E-state index in [0.29, 0.717) is 6.54 Å². The third-order valence-electron chi connectivity index (χ3n) is 3.59. The summed E-state index contributed by atoms with van der Waals surface area (Å²) in [7, 11) is 1.31. The van der Waals surface area contributed by atoms with Crippen LogP contribution in [0, 0.1) is 0 Å². The van der Waals surface area contributed by atoms with Gasteiger partial charge in [0.15, 0.2) is 6.10 Å². The number of aromatic nitrogens is 1. The number of hydrogen-bond acceptors (Lipinski definition) is 6. The highest BCUT2D eigenvalue weighted by molar-refractivity contribution is 7.12. The van der Waals surface area contributed by atoms with Crippen LogP contribution in [0.3, 0.4) is 0 Å². The van der Waals surface area contributed by atoms with Gasteiger partial charge in [-0.25, -0.2) is 9.78 Å². The van der Waals surface area contributed by atoms with Crippen molar-refractivity contribution in [3.8, 4) is 0 Å². The minimum atomic E-state index is -0.730. The Balaban J connectivity index is 2.03. The van der Waals surface area contributed by atoms with Crippen molar-refractivity contribution in [2.24, 2.45) is 0 Å². The quantitative estimate of drug-likeness (QED) is 0.616. The Bertz CT molecular complexity index is 633. The molecule has 0 aliphatic carbocycles. The highest BCUT2D eigenvalue weighted by Crippen LogP contribution is 2.27. The van der Waals surface area contributed by atoms with Crippen LogP contribution in [0.25, 0.3) is 6.08 Å². The molecule has 0 aromatic carbocycles. The highest BCUT2D eigenvalue weighted by Gasteiger charge is 2.32. The van der Waals surface area contributed by atoms with Crippen molar-refractivity contribution in [3.05, 3.63) is 22.2 Å². The summed E-state index contributed by atoms with van der Waals surface area (Å²) in [5, 5.41) is 1.03. The second kappa shape index (κ2) is 7.44. The van der Waals surface area contributed by atoms with E-state index in [1.165, 1.54) is 13.2 Å². The van der Waals surface area contributed by atoms with Gasteiger partial charge in [-0.15, -0.1) is 11.3 Å². The summed E-state index contributed by atoms with van der Waals surface area (Å²) >= 11 is 1.57. The monoisotopic (exact) mass is 352 g/mol. The normalized spacial score (nSPS) is 22.0. The number of ether oxygens (including phenoxy) is 2. The van der Waals surface area contributed by atoms with E-state index in [4.69, 9.17) is 9.47 Å². The van der Waals surface area contributed by atoms with Gasteiger partial charge in [0, 0.05) is 29.1 Å². The predicted octanol–water partition coefficient (Wildman–Crippen LogP) is 2.24. The number of rotatable bonds is 3. The van der Waals surface area contributed by atoms with Crippen LogP contribution in [-0.2, 0) is 24.5 Å². The first-order valence-corrected chi connectivity index (χ1v) is 8.69. The maximum Gasteiger partial charge on any atom is 0.336 e. The lowest BCUT2D eigenvalue weighted by atomic mass is 9.98. The third-order valence-corrected chi connectivity index (χ3v) is 4.98. The van der Waals surface area contributed by atoms with Crippen molar-refractivity contribution in [1.82, 2.24) is 9.88 Å². The van der Waals surface area contributed by atoms with Gasteiger partial charge in [0.1, 0.15) is 0 Å². The Labute approximate surface area is 146 Å².